The smallest absolute Gasteiger partial charge is 0.211 e. The second-order valence-corrected chi connectivity index (χ2v) is 3.09. The van der Waals surface area contributed by atoms with Crippen LogP contribution in [0.3, 0.4) is 0 Å². The third-order valence-corrected chi connectivity index (χ3v) is 2.06. The van der Waals surface area contributed by atoms with E-state index < -0.39 is 0 Å². The van der Waals surface area contributed by atoms with E-state index in [9.17, 15) is 4.79 Å². The first-order valence-corrected chi connectivity index (χ1v) is 4.00. The van der Waals surface area contributed by atoms with E-state index in [0.717, 1.165) is 16.8 Å². The van der Waals surface area contributed by atoms with Gasteiger partial charge < -0.3 is 5.32 Å². The van der Waals surface area contributed by atoms with Gasteiger partial charge >= 0.3 is 0 Å². The summed E-state index contributed by atoms with van der Waals surface area (Å²) in [5, 5.41) is 3.23. The van der Waals surface area contributed by atoms with Gasteiger partial charge in [0, 0.05) is 10.7 Å². The minimum atomic E-state index is 0.641. The maximum atomic E-state index is 10.2. The van der Waals surface area contributed by atoms with Crippen LogP contribution < -0.4 is 5.32 Å². The predicted octanol–water partition coefficient (Wildman–Crippen LogP) is 2.53. The van der Waals surface area contributed by atoms with Crippen LogP contribution in [0.5, 0.6) is 0 Å². The molecule has 1 amide bonds. The van der Waals surface area contributed by atoms with Crippen molar-refractivity contribution in [1.29, 1.82) is 0 Å². The number of amides is 1. The van der Waals surface area contributed by atoms with E-state index in [0.29, 0.717) is 11.4 Å². The first-order chi connectivity index (χ1) is 5.65. The molecule has 1 aromatic carbocycles. The predicted molar refractivity (Wildman–Crippen MR) is 50.6 cm³/mol. The molecular weight excluding hydrogens is 174 g/mol. The molecule has 1 N–H and O–H groups in total. The quantitative estimate of drug-likeness (QED) is 0.702. The van der Waals surface area contributed by atoms with E-state index in [-0.39, 0.29) is 0 Å². The van der Waals surface area contributed by atoms with Gasteiger partial charge in [0.1, 0.15) is 0 Å². The lowest BCUT2D eigenvalue weighted by Gasteiger charge is -2.07. The summed E-state index contributed by atoms with van der Waals surface area (Å²) in [5.41, 5.74) is 2.90. The first-order valence-electron chi connectivity index (χ1n) is 3.62. The maximum Gasteiger partial charge on any atom is 0.211 e. The fourth-order valence-electron chi connectivity index (χ4n) is 1.03. The Morgan fingerprint density at radius 3 is 2.67 bits per heavy atom. The molecule has 3 heteroatoms. The zero-order chi connectivity index (χ0) is 9.14. The molecule has 1 aromatic rings. The Bertz CT molecular complexity index is 310. The van der Waals surface area contributed by atoms with Crippen LogP contribution in [-0.2, 0) is 4.79 Å². The van der Waals surface area contributed by atoms with Crippen LogP contribution in [0.2, 0.25) is 5.02 Å². The third kappa shape index (κ3) is 1.77. The van der Waals surface area contributed by atoms with Crippen molar-refractivity contribution in [3.63, 3.8) is 0 Å². The largest absolute Gasteiger partial charge is 0.328 e. The van der Waals surface area contributed by atoms with Gasteiger partial charge in [-0.2, -0.15) is 0 Å². The number of hydrogen-bond donors (Lipinski definition) is 1. The summed E-state index contributed by atoms with van der Waals surface area (Å²) in [6, 6.07) is 3.60. The van der Waals surface area contributed by atoms with Crippen molar-refractivity contribution in [2.24, 2.45) is 0 Å². The minimum Gasteiger partial charge on any atom is -0.328 e. The van der Waals surface area contributed by atoms with E-state index in [1.807, 2.05) is 19.9 Å². The lowest BCUT2D eigenvalue weighted by atomic mass is 10.1. The zero-order valence-corrected chi connectivity index (χ0v) is 7.77. The lowest BCUT2D eigenvalue weighted by Crippen LogP contribution is -1.97. The number of halogens is 1. The molecular formula is C9H10ClNO. The van der Waals surface area contributed by atoms with Gasteiger partial charge in [0.2, 0.25) is 6.41 Å². The molecule has 0 radical (unpaired) electrons. The Morgan fingerprint density at radius 1 is 1.42 bits per heavy atom. The number of nitrogens with one attached hydrogen (secondary N) is 1. The molecule has 0 saturated carbocycles. The highest BCUT2D eigenvalue weighted by Gasteiger charge is 2.01. The van der Waals surface area contributed by atoms with Crippen molar-refractivity contribution in [3.05, 3.63) is 28.3 Å². The molecule has 0 aliphatic rings. The zero-order valence-electron chi connectivity index (χ0n) is 7.02. The van der Waals surface area contributed by atoms with Crippen molar-refractivity contribution < 1.29 is 4.79 Å². The number of aryl methyl sites for hydroxylation is 1. The number of hydrogen-bond acceptors (Lipinski definition) is 1. The molecule has 0 spiro atoms. The Balaban J connectivity index is 3.17. The Labute approximate surface area is 76.5 Å². The molecule has 2 nitrogen and oxygen atoms in total. The third-order valence-electron chi connectivity index (χ3n) is 1.85. The summed E-state index contributed by atoms with van der Waals surface area (Å²) in [4.78, 5) is 10.2. The van der Waals surface area contributed by atoms with Crippen LogP contribution in [0.25, 0.3) is 0 Å². The van der Waals surface area contributed by atoms with Gasteiger partial charge in [0.15, 0.2) is 0 Å². The molecule has 0 atom stereocenters. The van der Waals surface area contributed by atoms with Gasteiger partial charge in [-0.25, -0.2) is 0 Å². The monoisotopic (exact) mass is 183 g/mol. The first kappa shape index (κ1) is 9.07. The molecule has 0 bridgehead atoms. The molecule has 0 saturated heterocycles. The van der Waals surface area contributed by atoms with Gasteiger partial charge in [-0.15, -0.1) is 0 Å². The van der Waals surface area contributed by atoms with E-state index in [1.54, 1.807) is 6.07 Å². The Hall–Kier alpha value is -1.02. The molecule has 12 heavy (non-hydrogen) atoms. The van der Waals surface area contributed by atoms with Crippen LogP contribution >= 0.6 is 11.6 Å². The number of carbonyl (C=O) groups is 1. The summed E-state index contributed by atoms with van der Waals surface area (Å²) >= 11 is 5.80. The topological polar surface area (TPSA) is 29.1 Å². The number of benzene rings is 1. The van der Waals surface area contributed by atoms with E-state index in [1.165, 1.54) is 0 Å². The van der Waals surface area contributed by atoms with Gasteiger partial charge in [0.25, 0.3) is 0 Å². The standard InChI is InChI=1S/C9H10ClNO/c1-6-3-8(10)4-9(7(6)2)11-5-12/h3-5H,1-2H3,(H,11,12). The van der Waals surface area contributed by atoms with Gasteiger partial charge in [0.05, 0.1) is 0 Å². The van der Waals surface area contributed by atoms with E-state index >= 15 is 0 Å². The lowest BCUT2D eigenvalue weighted by molar-refractivity contribution is -0.105. The van der Waals surface area contributed by atoms with Gasteiger partial charge in [-0.3, -0.25) is 4.79 Å². The van der Waals surface area contributed by atoms with E-state index in [2.05, 4.69) is 5.32 Å². The van der Waals surface area contributed by atoms with Crippen molar-refractivity contribution in [2.75, 3.05) is 5.32 Å². The average molecular weight is 184 g/mol. The van der Waals surface area contributed by atoms with Crippen LogP contribution in [0.4, 0.5) is 5.69 Å². The molecule has 0 aliphatic carbocycles. The van der Waals surface area contributed by atoms with Crippen molar-refractivity contribution in [2.45, 2.75) is 13.8 Å². The number of carbonyl (C=O) groups excluding carboxylic acids is 1. The summed E-state index contributed by atoms with van der Waals surface area (Å²) in [6.07, 6.45) is 0.651. The second-order valence-electron chi connectivity index (χ2n) is 2.66. The molecule has 1 rings (SSSR count). The van der Waals surface area contributed by atoms with Crippen molar-refractivity contribution >= 4 is 23.7 Å². The van der Waals surface area contributed by atoms with Crippen molar-refractivity contribution in [3.8, 4) is 0 Å². The Kier molecular flexibility index (Phi) is 2.71. The summed E-state index contributed by atoms with van der Waals surface area (Å²) in [7, 11) is 0. The van der Waals surface area contributed by atoms with Crippen LogP contribution in [0, 0.1) is 13.8 Å². The summed E-state index contributed by atoms with van der Waals surface area (Å²) < 4.78 is 0. The SMILES string of the molecule is Cc1cc(Cl)cc(NC=O)c1C. The highest BCUT2D eigenvalue weighted by molar-refractivity contribution is 6.31. The number of rotatable bonds is 2. The molecule has 0 aromatic heterocycles. The molecule has 0 unspecified atom stereocenters. The molecule has 0 heterocycles. The van der Waals surface area contributed by atoms with Gasteiger partial charge in [-0.05, 0) is 37.1 Å². The number of anilines is 1. The Morgan fingerprint density at radius 2 is 2.08 bits per heavy atom. The molecule has 0 fully saturated rings. The average Bonchev–Trinajstić information content (AvgIpc) is 2.00. The highest BCUT2D eigenvalue weighted by Crippen LogP contribution is 2.23. The molecule has 64 valence electrons. The van der Waals surface area contributed by atoms with Crippen molar-refractivity contribution in [1.82, 2.24) is 0 Å². The maximum absolute atomic E-state index is 10.2. The van der Waals surface area contributed by atoms with Crippen LogP contribution in [0.15, 0.2) is 12.1 Å². The normalized spacial score (nSPS) is 9.58. The minimum absolute atomic E-state index is 0.641. The fourth-order valence-corrected chi connectivity index (χ4v) is 1.30. The highest BCUT2D eigenvalue weighted by atomic mass is 35.5. The summed E-state index contributed by atoms with van der Waals surface area (Å²) in [5.74, 6) is 0. The van der Waals surface area contributed by atoms with Crippen LogP contribution in [0.1, 0.15) is 11.1 Å². The summed E-state index contributed by atoms with van der Waals surface area (Å²) in [6.45, 7) is 3.90. The van der Waals surface area contributed by atoms with Crippen LogP contribution in [-0.4, -0.2) is 6.41 Å². The fraction of sp³-hybridized carbons (Fsp3) is 0.222. The van der Waals surface area contributed by atoms with Gasteiger partial charge in [-0.1, -0.05) is 11.6 Å². The second kappa shape index (κ2) is 3.59. The molecule has 0 aliphatic heterocycles. The van der Waals surface area contributed by atoms with E-state index in [4.69, 9.17) is 11.6 Å².